The summed E-state index contributed by atoms with van der Waals surface area (Å²) in [7, 11) is 0. The number of nitrogens with one attached hydrogen (secondary N) is 2. The van der Waals surface area contributed by atoms with Gasteiger partial charge in [-0.2, -0.15) is 0 Å². The molecule has 2 N–H and O–H groups in total. The third-order valence-corrected chi connectivity index (χ3v) is 5.49. The van der Waals surface area contributed by atoms with Crippen molar-refractivity contribution in [3.05, 3.63) is 56.4 Å². The number of rotatable bonds is 6. The third-order valence-electron chi connectivity index (χ3n) is 5.49. The fraction of sp³-hybridized carbons (Fsp3) is 0.318. The number of benzene rings is 1. The Bertz CT molecular complexity index is 1140. The number of nitro groups is 1. The zero-order valence-electron chi connectivity index (χ0n) is 16.9. The highest BCUT2D eigenvalue weighted by molar-refractivity contribution is 6.35. The standard InChI is InChI=1S/C22H21N3O6/c1-2-31-20(27)9-7-13-18(23-17-4-3-5-19(26)21(13)17)11-15-14-10-12(25(29)30)6-8-16(14)24-22(15)28/h6,8,10-11,23H,2-5,7,9H2,1H3,(H,24,28). The highest BCUT2D eigenvalue weighted by Gasteiger charge is 2.29. The Morgan fingerprint density at radius 2 is 2.10 bits per heavy atom. The van der Waals surface area contributed by atoms with Gasteiger partial charge in [-0.3, -0.25) is 24.5 Å². The highest BCUT2D eigenvalue weighted by atomic mass is 16.6. The Balaban J connectivity index is 1.78. The smallest absolute Gasteiger partial charge is 0.306 e. The minimum absolute atomic E-state index is 0.00733. The Morgan fingerprint density at radius 3 is 2.84 bits per heavy atom. The SMILES string of the molecule is CCOC(=O)CCc1c(C=C2C(=O)Nc3ccc([N+](=O)[O-])cc32)[nH]c2c1C(=O)CCC2. The lowest BCUT2D eigenvalue weighted by Crippen LogP contribution is -2.12. The number of anilines is 1. The average molecular weight is 423 g/mol. The van der Waals surface area contributed by atoms with Crippen LogP contribution in [0.5, 0.6) is 0 Å². The van der Waals surface area contributed by atoms with Crippen LogP contribution in [0.15, 0.2) is 18.2 Å². The first-order chi connectivity index (χ1) is 14.9. The quantitative estimate of drug-likeness (QED) is 0.317. The molecule has 1 amide bonds. The molecule has 0 saturated heterocycles. The van der Waals surface area contributed by atoms with Crippen LogP contribution in [0.25, 0.3) is 11.6 Å². The number of hydrogen-bond donors (Lipinski definition) is 2. The molecule has 0 bridgehead atoms. The average Bonchev–Trinajstić information content (AvgIpc) is 3.24. The molecule has 4 rings (SSSR count). The van der Waals surface area contributed by atoms with E-state index in [0.29, 0.717) is 47.3 Å². The highest BCUT2D eigenvalue weighted by Crippen LogP contribution is 2.37. The Labute approximate surface area is 177 Å². The number of H-pyrrole nitrogens is 1. The number of aromatic amines is 1. The Morgan fingerprint density at radius 1 is 1.29 bits per heavy atom. The fourth-order valence-electron chi connectivity index (χ4n) is 4.11. The van der Waals surface area contributed by atoms with Crippen molar-refractivity contribution >= 4 is 40.7 Å². The van der Waals surface area contributed by atoms with E-state index in [-0.39, 0.29) is 41.9 Å². The number of aromatic nitrogens is 1. The molecule has 0 unspecified atom stereocenters. The van der Waals surface area contributed by atoms with E-state index >= 15 is 0 Å². The van der Waals surface area contributed by atoms with Crippen molar-refractivity contribution in [1.82, 2.24) is 4.98 Å². The molecule has 0 radical (unpaired) electrons. The maximum Gasteiger partial charge on any atom is 0.306 e. The second kappa shape index (κ2) is 8.17. The minimum Gasteiger partial charge on any atom is -0.466 e. The summed E-state index contributed by atoms with van der Waals surface area (Å²) in [6.45, 7) is 2.00. The van der Waals surface area contributed by atoms with Crippen LogP contribution < -0.4 is 5.32 Å². The van der Waals surface area contributed by atoms with Crippen LogP contribution in [0, 0.1) is 10.1 Å². The summed E-state index contributed by atoms with van der Waals surface area (Å²) in [5.41, 5.74) is 3.67. The molecule has 2 aromatic rings. The number of esters is 1. The van der Waals surface area contributed by atoms with Gasteiger partial charge in [0.1, 0.15) is 0 Å². The number of aryl methyl sites for hydroxylation is 1. The normalized spacial score (nSPS) is 16.1. The number of non-ortho nitro benzene ring substituents is 1. The van der Waals surface area contributed by atoms with Crippen LogP contribution in [0.2, 0.25) is 0 Å². The third kappa shape index (κ3) is 3.86. The number of Topliss-reactive ketones (excluding diaryl/α,β-unsaturated/α-hetero) is 1. The van der Waals surface area contributed by atoms with Crippen molar-refractivity contribution in [3.63, 3.8) is 0 Å². The first kappa shape index (κ1) is 20.5. The summed E-state index contributed by atoms with van der Waals surface area (Å²) in [4.78, 5) is 51.0. The van der Waals surface area contributed by atoms with Crippen molar-refractivity contribution in [2.75, 3.05) is 11.9 Å². The van der Waals surface area contributed by atoms with Crippen LogP contribution in [0.4, 0.5) is 11.4 Å². The molecule has 2 heterocycles. The predicted octanol–water partition coefficient (Wildman–Crippen LogP) is 3.43. The Hall–Kier alpha value is -3.75. The van der Waals surface area contributed by atoms with Crippen molar-refractivity contribution in [3.8, 4) is 0 Å². The lowest BCUT2D eigenvalue weighted by atomic mass is 9.91. The Kier molecular flexibility index (Phi) is 5.41. The van der Waals surface area contributed by atoms with E-state index in [1.54, 1.807) is 13.0 Å². The van der Waals surface area contributed by atoms with Gasteiger partial charge in [0.05, 0.1) is 17.1 Å². The number of ketones is 1. The first-order valence-corrected chi connectivity index (χ1v) is 10.1. The van der Waals surface area contributed by atoms with E-state index in [1.165, 1.54) is 18.2 Å². The number of amides is 1. The van der Waals surface area contributed by atoms with Crippen molar-refractivity contribution in [2.45, 2.75) is 39.0 Å². The molecule has 2 aliphatic rings. The van der Waals surface area contributed by atoms with E-state index in [0.717, 1.165) is 12.1 Å². The van der Waals surface area contributed by atoms with Gasteiger partial charge in [-0.05, 0) is 43.9 Å². The summed E-state index contributed by atoms with van der Waals surface area (Å²) in [6, 6.07) is 4.18. The van der Waals surface area contributed by atoms with E-state index in [2.05, 4.69) is 10.3 Å². The maximum absolute atomic E-state index is 12.6. The van der Waals surface area contributed by atoms with Gasteiger partial charge in [0.15, 0.2) is 5.78 Å². The number of hydrogen-bond acceptors (Lipinski definition) is 6. The summed E-state index contributed by atoms with van der Waals surface area (Å²) in [5, 5.41) is 13.9. The van der Waals surface area contributed by atoms with Crippen LogP contribution in [-0.2, 0) is 27.2 Å². The van der Waals surface area contributed by atoms with Gasteiger partial charge < -0.3 is 15.0 Å². The topological polar surface area (TPSA) is 131 Å². The molecule has 1 aliphatic heterocycles. The monoisotopic (exact) mass is 423 g/mol. The van der Waals surface area contributed by atoms with Crippen LogP contribution in [0.3, 0.4) is 0 Å². The summed E-state index contributed by atoms with van der Waals surface area (Å²) >= 11 is 0. The molecule has 9 nitrogen and oxygen atoms in total. The number of ether oxygens (including phenoxy) is 1. The largest absolute Gasteiger partial charge is 0.466 e. The molecular formula is C22H21N3O6. The van der Waals surface area contributed by atoms with Gasteiger partial charge >= 0.3 is 5.97 Å². The van der Waals surface area contributed by atoms with E-state index < -0.39 is 4.92 Å². The lowest BCUT2D eigenvalue weighted by Gasteiger charge is -2.11. The molecular weight excluding hydrogens is 402 g/mol. The summed E-state index contributed by atoms with van der Waals surface area (Å²) in [6.07, 6.45) is 3.87. The predicted molar refractivity (Wildman–Crippen MR) is 113 cm³/mol. The van der Waals surface area contributed by atoms with Gasteiger partial charge in [-0.1, -0.05) is 0 Å². The number of fused-ring (bicyclic) bond motifs is 2. The number of nitrogens with zero attached hydrogens (tertiary/aromatic N) is 1. The fourth-order valence-corrected chi connectivity index (χ4v) is 4.11. The van der Waals surface area contributed by atoms with Crippen molar-refractivity contribution in [2.24, 2.45) is 0 Å². The molecule has 160 valence electrons. The van der Waals surface area contributed by atoms with Crippen LogP contribution >= 0.6 is 0 Å². The molecule has 0 atom stereocenters. The number of carbonyl (C=O) groups excluding carboxylic acids is 3. The summed E-state index contributed by atoms with van der Waals surface area (Å²) < 4.78 is 5.01. The minimum atomic E-state index is -0.516. The first-order valence-electron chi connectivity index (χ1n) is 10.1. The zero-order chi connectivity index (χ0) is 22.1. The van der Waals surface area contributed by atoms with E-state index in [1.807, 2.05) is 0 Å². The molecule has 1 aromatic carbocycles. The second-order valence-electron chi connectivity index (χ2n) is 7.45. The lowest BCUT2D eigenvalue weighted by molar-refractivity contribution is -0.384. The van der Waals surface area contributed by atoms with Crippen LogP contribution in [-0.4, -0.2) is 34.2 Å². The molecule has 0 spiro atoms. The van der Waals surface area contributed by atoms with Crippen LogP contribution in [0.1, 0.15) is 59.1 Å². The van der Waals surface area contributed by atoms with Gasteiger partial charge in [0.2, 0.25) is 0 Å². The number of carbonyl (C=O) groups is 3. The van der Waals surface area contributed by atoms with Gasteiger partial charge in [-0.25, -0.2) is 0 Å². The van der Waals surface area contributed by atoms with E-state index in [4.69, 9.17) is 4.74 Å². The molecule has 1 aromatic heterocycles. The molecule has 0 fully saturated rings. The number of nitro benzene ring substituents is 1. The van der Waals surface area contributed by atoms with Gasteiger partial charge in [-0.15, -0.1) is 0 Å². The molecule has 9 heteroatoms. The van der Waals surface area contributed by atoms with Crippen molar-refractivity contribution in [1.29, 1.82) is 0 Å². The van der Waals surface area contributed by atoms with E-state index in [9.17, 15) is 24.5 Å². The van der Waals surface area contributed by atoms with Gasteiger partial charge in [0.25, 0.3) is 11.6 Å². The van der Waals surface area contributed by atoms with Gasteiger partial charge in [0, 0.05) is 53.2 Å². The summed E-state index contributed by atoms with van der Waals surface area (Å²) in [5.74, 6) is -0.738. The molecule has 31 heavy (non-hydrogen) atoms. The molecule has 1 aliphatic carbocycles. The zero-order valence-corrected chi connectivity index (χ0v) is 16.9. The molecule has 0 saturated carbocycles. The van der Waals surface area contributed by atoms with Crippen molar-refractivity contribution < 1.29 is 24.0 Å². The maximum atomic E-state index is 12.6. The second-order valence-corrected chi connectivity index (χ2v) is 7.45.